The second-order valence-electron chi connectivity index (χ2n) is 4.13. The van der Waals surface area contributed by atoms with Crippen molar-refractivity contribution in [2.24, 2.45) is 5.92 Å². The van der Waals surface area contributed by atoms with Crippen LogP contribution in [0.15, 0.2) is 0 Å². The molecule has 3 heteroatoms. The summed E-state index contributed by atoms with van der Waals surface area (Å²) in [5, 5.41) is 7.81. The molecule has 1 aliphatic heterocycles. The zero-order chi connectivity index (χ0) is 10.4. The van der Waals surface area contributed by atoms with E-state index in [1.165, 1.54) is 0 Å². The SMILES string of the molecule is CCCC(=N)N(C)CC1CCOCC1. The first-order valence-corrected chi connectivity index (χ1v) is 5.60. The van der Waals surface area contributed by atoms with E-state index >= 15 is 0 Å². The van der Waals surface area contributed by atoms with E-state index in [0.717, 1.165) is 57.2 Å². The average Bonchev–Trinajstić information content (AvgIpc) is 2.19. The van der Waals surface area contributed by atoms with Crippen molar-refractivity contribution in [3.05, 3.63) is 0 Å². The largest absolute Gasteiger partial charge is 0.381 e. The van der Waals surface area contributed by atoms with E-state index in [0.29, 0.717) is 0 Å². The van der Waals surface area contributed by atoms with Crippen LogP contribution in [-0.4, -0.2) is 37.5 Å². The molecule has 0 radical (unpaired) electrons. The Morgan fingerprint density at radius 1 is 1.43 bits per heavy atom. The van der Waals surface area contributed by atoms with Gasteiger partial charge in [-0.15, -0.1) is 0 Å². The highest BCUT2D eigenvalue weighted by atomic mass is 16.5. The van der Waals surface area contributed by atoms with E-state index < -0.39 is 0 Å². The van der Waals surface area contributed by atoms with Gasteiger partial charge in [0.1, 0.15) is 0 Å². The van der Waals surface area contributed by atoms with E-state index in [1.54, 1.807) is 0 Å². The lowest BCUT2D eigenvalue weighted by molar-refractivity contribution is 0.0610. The van der Waals surface area contributed by atoms with Crippen LogP contribution in [0.25, 0.3) is 0 Å². The van der Waals surface area contributed by atoms with Crippen molar-refractivity contribution in [2.75, 3.05) is 26.8 Å². The molecule has 14 heavy (non-hydrogen) atoms. The first-order chi connectivity index (χ1) is 6.74. The normalized spacial score (nSPS) is 18.1. The van der Waals surface area contributed by atoms with Crippen molar-refractivity contribution < 1.29 is 4.74 Å². The molecule has 1 heterocycles. The summed E-state index contributed by atoms with van der Waals surface area (Å²) in [5.41, 5.74) is 0. The zero-order valence-electron chi connectivity index (χ0n) is 9.38. The van der Waals surface area contributed by atoms with E-state index in [9.17, 15) is 0 Å². The van der Waals surface area contributed by atoms with E-state index in [1.807, 2.05) is 7.05 Å². The van der Waals surface area contributed by atoms with Crippen molar-refractivity contribution in [1.29, 1.82) is 5.41 Å². The lowest BCUT2D eigenvalue weighted by Crippen LogP contribution is -2.33. The quantitative estimate of drug-likeness (QED) is 0.555. The molecule has 0 aromatic carbocycles. The van der Waals surface area contributed by atoms with Gasteiger partial charge in [0.2, 0.25) is 0 Å². The van der Waals surface area contributed by atoms with Crippen LogP contribution in [0, 0.1) is 11.3 Å². The van der Waals surface area contributed by atoms with Crippen molar-refractivity contribution >= 4 is 5.84 Å². The third kappa shape index (κ3) is 3.66. The molecular weight excluding hydrogens is 176 g/mol. The second-order valence-corrected chi connectivity index (χ2v) is 4.13. The monoisotopic (exact) mass is 198 g/mol. The molecule has 0 amide bonds. The van der Waals surface area contributed by atoms with E-state index in [-0.39, 0.29) is 0 Å². The Labute approximate surface area is 86.9 Å². The summed E-state index contributed by atoms with van der Waals surface area (Å²) in [6.07, 6.45) is 4.28. The Bertz CT molecular complexity index is 176. The summed E-state index contributed by atoms with van der Waals surface area (Å²) in [4.78, 5) is 2.10. The first-order valence-electron chi connectivity index (χ1n) is 5.60. The molecule has 1 saturated heterocycles. The van der Waals surface area contributed by atoms with Gasteiger partial charge in [-0.3, -0.25) is 5.41 Å². The molecule has 0 bridgehead atoms. The van der Waals surface area contributed by atoms with Crippen molar-refractivity contribution in [3.8, 4) is 0 Å². The third-order valence-corrected chi connectivity index (χ3v) is 2.82. The summed E-state index contributed by atoms with van der Waals surface area (Å²) in [5.74, 6) is 1.50. The fourth-order valence-electron chi connectivity index (χ4n) is 1.85. The van der Waals surface area contributed by atoms with Gasteiger partial charge in [-0.1, -0.05) is 6.92 Å². The Balaban J connectivity index is 2.24. The van der Waals surface area contributed by atoms with Crippen LogP contribution >= 0.6 is 0 Å². The van der Waals surface area contributed by atoms with Crippen LogP contribution in [0.4, 0.5) is 0 Å². The van der Waals surface area contributed by atoms with Crippen LogP contribution in [0.1, 0.15) is 32.6 Å². The summed E-state index contributed by atoms with van der Waals surface area (Å²) in [7, 11) is 2.04. The second kappa shape index (κ2) is 6.02. The molecule has 0 saturated carbocycles. The number of hydrogen-bond acceptors (Lipinski definition) is 2. The lowest BCUT2D eigenvalue weighted by Gasteiger charge is -2.28. The Kier molecular flexibility index (Phi) is 4.94. The van der Waals surface area contributed by atoms with Gasteiger partial charge in [-0.25, -0.2) is 0 Å². The summed E-state index contributed by atoms with van der Waals surface area (Å²) < 4.78 is 5.32. The number of amidine groups is 1. The molecule has 0 unspecified atom stereocenters. The zero-order valence-corrected chi connectivity index (χ0v) is 9.38. The topological polar surface area (TPSA) is 36.3 Å². The maximum atomic E-state index is 7.81. The van der Waals surface area contributed by atoms with Crippen LogP contribution in [0.3, 0.4) is 0 Å². The molecule has 3 nitrogen and oxygen atoms in total. The number of hydrogen-bond donors (Lipinski definition) is 1. The molecule has 0 atom stereocenters. The van der Waals surface area contributed by atoms with Crippen LogP contribution in [0.5, 0.6) is 0 Å². The molecule has 0 spiro atoms. The van der Waals surface area contributed by atoms with Crippen LogP contribution in [-0.2, 0) is 4.74 Å². The molecule has 0 aromatic rings. The van der Waals surface area contributed by atoms with Gasteiger partial charge >= 0.3 is 0 Å². The van der Waals surface area contributed by atoms with Crippen molar-refractivity contribution in [1.82, 2.24) is 4.90 Å². The summed E-state index contributed by atoms with van der Waals surface area (Å²) in [6, 6.07) is 0. The molecule has 1 rings (SSSR count). The smallest absolute Gasteiger partial charge is 0.0955 e. The molecule has 1 N–H and O–H groups in total. The van der Waals surface area contributed by atoms with Crippen molar-refractivity contribution in [3.63, 3.8) is 0 Å². The van der Waals surface area contributed by atoms with Gasteiger partial charge in [0.25, 0.3) is 0 Å². The number of nitrogens with one attached hydrogen (secondary N) is 1. The van der Waals surface area contributed by atoms with Gasteiger partial charge in [-0.2, -0.15) is 0 Å². The van der Waals surface area contributed by atoms with Crippen LogP contribution in [0.2, 0.25) is 0 Å². The predicted octanol–water partition coefficient (Wildman–Crippen LogP) is 2.12. The number of rotatable bonds is 4. The minimum absolute atomic E-state index is 0.728. The molecule has 1 fully saturated rings. The summed E-state index contributed by atoms with van der Waals surface area (Å²) in [6.45, 7) is 4.96. The minimum atomic E-state index is 0.728. The van der Waals surface area contributed by atoms with Gasteiger partial charge in [-0.05, 0) is 25.2 Å². The molecule has 1 aliphatic rings. The Morgan fingerprint density at radius 3 is 2.64 bits per heavy atom. The predicted molar refractivity (Wildman–Crippen MR) is 58.8 cm³/mol. The van der Waals surface area contributed by atoms with Crippen LogP contribution < -0.4 is 0 Å². The van der Waals surface area contributed by atoms with Gasteiger partial charge < -0.3 is 9.64 Å². The molecule has 0 aromatic heterocycles. The molecule has 0 aliphatic carbocycles. The highest BCUT2D eigenvalue weighted by Gasteiger charge is 2.16. The fraction of sp³-hybridized carbons (Fsp3) is 0.909. The van der Waals surface area contributed by atoms with E-state index in [2.05, 4.69) is 11.8 Å². The molecule has 82 valence electrons. The molecular formula is C11H22N2O. The van der Waals surface area contributed by atoms with Gasteiger partial charge in [0.05, 0.1) is 5.84 Å². The Hall–Kier alpha value is -0.570. The highest BCUT2D eigenvalue weighted by molar-refractivity contribution is 5.78. The third-order valence-electron chi connectivity index (χ3n) is 2.82. The maximum Gasteiger partial charge on any atom is 0.0955 e. The van der Waals surface area contributed by atoms with E-state index in [4.69, 9.17) is 10.1 Å². The lowest BCUT2D eigenvalue weighted by atomic mass is 10.00. The van der Waals surface area contributed by atoms with Crippen molar-refractivity contribution in [2.45, 2.75) is 32.6 Å². The minimum Gasteiger partial charge on any atom is -0.381 e. The number of ether oxygens (including phenoxy) is 1. The average molecular weight is 198 g/mol. The standard InChI is InChI=1S/C11H22N2O/c1-3-4-11(12)13(2)9-10-5-7-14-8-6-10/h10,12H,3-9H2,1-2H3. The fourth-order valence-corrected chi connectivity index (χ4v) is 1.85. The van der Waals surface area contributed by atoms with Gasteiger partial charge in [0, 0.05) is 33.2 Å². The first kappa shape index (κ1) is 11.5. The van der Waals surface area contributed by atoms with Gasteiger partial charge in [0.15, 0.2) is 0 Å². The highest BCUT2D eigenvalue weighted by Crippen LogP contribution is 2.15. The maximum absolute atomic E-state index is 7.81. The number of nitrogens with zero attached hydrogens (tertiary/aromatic N) is 1. The summed E-state index contributed by atoms with van der Waals surface area (Å²) >= 11 is 0. The Morgan fingerprint density at radius 2 is 2.07 bits per heavy atom.